The molecule has 2 saturated heterocycles. The van der Waals surface area contributed by atoms with Crippen molar-refractivity contribution >= 4 is 33.3 Å². The van der Waals surface area contributed by atoms with Crippen LogP contribution in [0.1, 0.15) is 55.9 Å². The van der Waals surface area contributed by atoms with Crippen LogP contribution >= 0.6 is 11.3 Å². The number of anilines is 1. The van der Waals surface area contributed by atoms with E-state index in [1.807, 2.05) is 0 Å². The number of nitrogens with zero attached hydrogens (tertiary/aromatic N) is 5. The molecule has 188 valence electrons. The predicted octanol–water partition coefficient (Wildman–Crippen LogP) is 4.27. The molecular weight excluding hydrogens is 446 g/mol. The second kappa shape index (κ2) is 12.3. The van der Waals surface area contributed by atoms with Crippen molar-refractivity contribution in [3.8, 4) is 0 Å². The van der Waals surface area contributed by atoms with Gasteiger partial charge in [-0.1, -0.05) is 26.2 Å². The highest BCUT2D eigenvalue weighted by molar-refractivity contribution is 7.18. The molecule has 1 amide bonds. The number of rotatable bonds is 10. The summed E-state index contributed by atoms with van der Waals surface area (Å²) in [4.78, 5) is 32.1. The van der Waals surface area contributed by atoms with E-state index >= 15 is 0 Å². The van der Waals surface area contributed by atoms with Crippen molar-refractivity contribution in [2.45, 2.75) is 59.3 Å². The van der Waals surface area contributed by atoms with Gasteiger partial charge in [0.1, 0.15) is 17.0 Å². The molecule has 34 heavy (non-hydrogen) atoms. The van der Waals surface area contributed by atoms with Crippen LogP contribution in [0.2, 0.25) is 0 Å². The van der Waals surface area contributed by atoms with Crippen molar-refractivity contribution in [1.29, 1.82) is 0 Å². The Labute approximate surface area is 208 Å². The second-order valence-corrected chi connectivity index (χ2v) is 11.0. The van der Waals surface area contributed by atoms with Crippen molar-refractivity contribution in [3.63, 3.8) is 0 Å². The Kier molecular flexibility index (Phi) is 9.14. The molecule has 2 fully saturated rings. The monoisotopic (exact) mass is 487 g/mol. The highest BCUT2D eigenvalue weighted by Crippen LogP contribution is 2.35. The summed E-state index contributed by atoms with van der Waals surface area (Å²) in [5.41, 5.74) is 1.29. The summed E-state index contributed by atoms with van der Waals surface area (Å²) >= 11 is 1.74. The lowest BCUT2D eigenvalue weighted by Gasteiger charge is -2.36. The summed E-state index contributed by atoms with van der Waals surface area (Å²) in [7, 11) is 0. The fourth-order valence-electron chi connectivity index (χ4n) is 5.15. The highest BCUT2D eigenvalue weighted by Gasteiger charge is 2.30. The molecule has 0 spiro atoms. The van der Waals surface area contributed by atoms with E-state index in [2.05, 4.69) is 45.4 Å². The van der Waals surface area contributed by atoms with E-state index in [1.54, 1.807) is 17.7 Å². The average Bonchev–Trinajstić information content (AvgIpc) is 3.17. The minimum atomic E-state index is 0.120. The predicted molar refractivity (Wildman–Crippen MR) is 140 cm³/mol. The molecule has 0 aliphatic carbocycles. The Morgan fingerprint density at radius 2 is 1.85 bits per heavy atom. The fraction of sp³-hybridized carbons (Fsp3) is 0.731. The SMILES string of the molecule is CCCCCCN(CCN1CCOCC1)C(=O)C1CCN(c2ncnc3sc(C)c(C)c23)CC1. The molecule has 0 bridgehead atoms. The van der Waals surface area contributed by atoms with Gasteiger partial charge < -0.3 is 14.5 Å². The number of carbonyl (C=O) groups excluding carboxylic acids is 1. The molecule has 0 N–H and O–H groups in total. The number of hydrogen-bond donors (Lipinski definition) is 0. The van der Waals surface area contributed by atoms with Crippen LogP contribution in [0.3, 0.4) is 0 Å². The average molecular weight is 488 g/mol. The minimum Gasteiger partial charge on any atom is -0.379 e. The van der Waals surface area contributed by atoms with Gasteiger partial charge in [0.2, 0.25) is 5.91 Å². The number of piperidine rings is 1. The molecule has 2 aliphatic rings. The maximum Gasteiger partial charge on any atom is 0.225 e. The molecule has 0 atom stereocenters. The van der Waals surface area contributed by atoms with Gasteiger partial charge in [-0.05, 0) is 38.7 Å². The van der Waals surface area contributed by atoms with Crippen molar-refractivity contribution in [1.82, 2.24) is 19.8 Å². The van der Waals surface area contributed by atoms with Crippen molar-refractivity contribution in [2.24, 2.45) is 5.92 Å². The lowest BCUT2D eigenvalue weighted by Crippen LogP contribution is -2.47. The van der Waals surface area contributed by atoms with Gasteiger partial charge in [0.15, 0.2) is 0 Å². The zero-order valence-corrected chi connectivity index (χ0v) is 22.0. The third kappa shape index (κ3) is 6.07. The smallest absolute Gasteiger partial charge is 0.225 e. The molecule has 4 heterocycles. The van der Waals surface area contributed by atoms with E-state index in [0.29, 0.717) is 5.91 Å². The molecule has 7 nitrogen and oxygen atoms in total. The van der Waals surface area contributed by atoms with Gasteiger partial charge in [-0.15, -0.1) is 11.3 Å². The quantitative estimate of drug-likeness (QED) is 0.467. The fourth-order valence-corrected chi connectivity index (χ4v) is 6.14. The number of aromatic nitrogens is 2. The van der Waals surface area contributed by atoms with Gasteiger partial charge in [-0.3, -0.25) is 9.69 Å². The topological polar surface area (TPSA) is 61.8 Å². The molecule has 2 aromatic rings. The van der Waals surface area contributed by atoms with Crippen molar-refractivity contribution < 1.29 is 9.53 Å². The second-order valence-electron chi connectivity index (χ2n) is 9.76. The third-order valence-electron chi connectivity index (χ3n) is 7.47. The van der Waals surface area contributed by atoms with Gasteiger partial charge in [0.25, 0.3) is 0 Å². The van der Waals surface area contributed by atoms with Crippen LogP contribution in [0, 0.1) is 19.8 Å². The van der Waals surface area contributed by atoms with E-state index < -0.39 is 0 Å². The van der Waals surface area contributed by atoms with Crippen LogP contribution in [0.15, 0.2) is 6.33 Å². The molecule has 4 rings (SSSR count). The molecule has 0 unspecified atom stereocenters. The van der Waals surface area contributed by atoms with Crippen molar-refractivity contribution in [2.75, 3.05) is 63.9 Å². The van der Waals surface area contributed by atoms with Crippen LogP contribution in [0.25, 0.3) is 10.2 Å². The number of fused-ring (bicyclic) bond motifs is 1. The zero-order chi connectivity index (χ0) is 23.9. The number of aryl methyl sites for hydroxylation is 2. The van der Waals surface area contributed by atoms with Gasteiger partial charge >= 0.3 is 0 Å². The number of thiophene rings is 1. The molecule has 0 saturated carbocycles. The first-order valence-electron chi connectivity index (χ1n) is 13.1. The number of ether oxygens (including phenoxy) is 1. The first-order chi connectivity index (χ1) is 16.6. The van der Waals surface area contributed by atoms with Gasteiger partial charge in [0.05, 0.1) is 18.6 Å². The Hall–Kier alpha value is -1.77. The molecule has 2 aromatic heterocycles. The number of amides is 1. The standard InChI is InChI=1S/C26H41N5O2S/c1-4-5-6-7-10-31(14-13-29-15-17-33-18-16-29)26(32)22-8-11-30(12-9-22)24-23-20(2)21(3)34-25(23)28-19-27-24/h19,22H,4-18H2,1-3H3. The number of hydrogen-bond acceptors (Lipinski definition) is 7. The van der Waals surface area contributed by atoms with Crippen LogP contribution in [-0.4, -0.2) is 84.7 Å². The summed E-state index contributed by atoms with van der Waals surface area (Å²) in [6.07, 6.45) is 8.27. The van der Waals surface area contributed by atoms with Gasteiger partial charge in [-0.2, -0.15) is 0 Å². The van der Waals surface area contributed by atoms with Gasteiger partial charge in [-0.25, -0.2) is 9.97 Å². The molecule has 0 aromatic carbocycles. The van der Waals surface area contributed by atoms with E-state index in [0.717, 1.165) is 88.9 Å². The lowest BCUT2D eigenvalue weighted by molar-refractivity contribution is -0.136. The van der Waals surface area contributed by atoms with E-state index in [9.17, 15) is 4.79 Å². The molecular formula is C26H41N5O2S. The normalized spacial score (nSPS) is 18.0. The molecule has 0 radical (unpaired) electrons. The zero-order valence-electron chi connectivity index (χ0n) is 21.2. The minimum absolute atomic E-state index is 0.120. The first kappa shape index (κ1) is 25.3. The maximum absolute atomic E-state index is 13.6. The number of morpholine rings is 1. The lowest BCUT2D eigenvalue weighted by atomic mass is 9.94. The van der Waals surface area contributed by atoms with Crippen molar-refractivity contribution in [3.05, 3.63) is 16.8 Å². The molecule has 8 heteroatoms. The summed E-state index contributed by atoms with van der Waals surface area (Å²) in [5, 5.41) is 1.19. The first-order valence-corrected chi connectivity index (χ1v) is 13.9. The Balaban J connectivity index is 1.37. The van der Waals surface area contributed by atoms with Crippen LogP contribution < -0.4 is 4.90 Å². The summed E-state index contributed by atoms with van der Waals surface area (Å²) in [6, 6.07) is 0. The summed E-state index contributed by atoms with van der Waals surface area (Å²) in [6.45, 7) is 14.6. The van der Waals surface area contributed by atoms with Gasteiger partial charge in [0, 0.05) is 56.6 Å². The van der Waals surface area contributed by atoms with Crippen LogP contribution in [-0.2, 0) is 9.53 Å². The maximum atomic E-state index is 13.6. The Morgan fingerprint density at radius 1 is 1.09 bits per heavy atom. The number of unbranched alkanes of at least 4 members (excludes halogenated alkanes) is 3. The van der Waals surface area contributed by atoms with E-state index in [-0.39, 0.29) is 5.92 Å². The third-order valence-corrected chi connectivity index (χ3v) is 8.59. The van der Waals surface area contributed by atoms with Crippen LogP contribution in [0.4, 0.5) is 5.82 Å². The largest absolute Gasteiger partial charge is 0.379 e. The molecule has 2 aliphatic heterocycles. The van der Waals surface area contributed by atoms with Crippen LogP contribution in [0.5, 0.6) is 0 Å². The van der Waals surface area contributed by atoms with E-state index in [1.165, 1.54) is 35.1 Å². The summed E-state index contributed by atoms with van der Waals surface area (Å²) < 4.78 is 5.49. The highest BCUT2D eigenvalue weighted by atomic mass is 32.1. The Morgan fingerprint density at radius 3 is 2.59 bits per heavy atom. The Bertz CT molecular complexity index is 935. The van der Waals surface area contributed by atoms with E-state index in [4.69, 9.17) is 4.74 Å². The number of carbonyl (C=O) groups is 1. The summed E-state index contributed by atoms with van der Waals surface area (Å²) in [5.74, 6) is 1.52.